The molecule has 6 nitrogen and oxygen atoms in total. The number of fused-ring (bicyclic) bond motifs is 1. The largest absolute Gasteiger partial charge is 0.477 e. The Morgan fingerprint density at radius 1 is 1.19 bits per heavy atom. The predicted molar refractivity (Wildman–Crippen MR) is 122 cm³/mol. The van der Waals surface area contributed by atoms with Gasteiger partial charge in [-0.25, -0.2) is 4.79 Å². The number of rotatable bonds is 6. The van der Waals surface area contributed by atoms with Gasteiger partial charge in [0.25, 0.3) is 5.91 Å². The quantitative estimate of drug-likeness (QED) is 0.589. The Morgan fingerprint density at radius 3 is 2.65 bits per heavy atom. The second-order valence-corrected chi connectivity index (χ2v) is 9.96. The predicted octanol–water partition coefficient (Wildman–Crippen LogP) is 4.02. The lowest BCUT2D eigenvalue weighted by molar-refractivity contribution is -0.150. The number of carboxylic acids is 1. The fourth-order valence-electron chi connectivity index (χ4n) is 3.36. The van der Waals surface area contributed by atoms with Crippen molar-refractivity contribution in [3.05, 3.63) is 74.7 Å². The lowest BCUT2D eigenvalue weighted by atomic mass is 10.0. The molecule has 0 aromatic heterocycles. The lowest BCUT2D eigenvalue weighted by Crippen LogP contribution is -2.70. The maximum Gasteiger partial charge on any atom is 0.353 e. The number of hydrogen-bond acceptors (Lipinski definition) is 5. The topological polar surface area (TPSA) is 86.7 Å². The van der Waals surface area contributed by atoms with Gasteiger partial charge in [0, 0.05) is 20.6 Å². The number of nitrogens with zero attached hydrogens (tertiary/aromatic N) is 1. The summed E-state index contributed by atoms with van der Waals surface area (Å²) in [5.41, 5.74) is 0.756. The molecule has 0 saturated carbocycles. The molecule has 31 heavy (non-hydrogen) atoms. The van der Waals surface area contributed by atoms with Crippen LogP contribution in [0.4, 0.5) is 0 Å². The van der Waals surface area contributed by atoms with Crippen molar-refractivity contribution in [2.24, 2.45) is 0 Å². The molecule has 1 saturated heterocycles. The first-order valence-electron chi connectivity index (χ1n) is 9.22. The van der Waals surface area contributed by atoms with E-state index in [1.54, 1.807) is 18.2 Å². The summed E-state index contributed by atoms with van der Waals surface area (Å²) in [4.78, 5) is 39.5. The van der Waals surface area contributed by atoms with Gasteiger partial charge in [-0.15, -0.1) is 11.8 Å². The molecule has 4 rings (SSSR count). The minimum atomic E-state index is -1.20. The normalized spacial score (nSPS) is 20.2. The number of halogens is 2. The van der Waals surface area contributed by atoms with Crippen LogP contribution in [0.25, 0.3) is 0 Å². The fourth-order valence-corrected chi connectivity index (χ4v) is 6.37. The second-order valence-electron chi connectivity index (χ2n) is 6.87. The van der Waals surface area contributed by atoms with Crippen molar-refractivity contribution in [1.29, 1.82) is 0 Å². The van der Waals surface area contributed by atoms with E-state index in [-0.39, 0.29) is 18.0 Å². The molecule has 10 heteroatoms. The van der Waals surface area contributed by atoms with E-state index in [9.17, 15) is 19.5 Å². The van der Waals surface area contributed by atoms with Gasteiger partial charge >= 0.3 is 5.97 Å². The van der Waals surface area contributed by atoms with Crippen LogP contribution in [0.2, 0.25) is 10.0 Å². The van der Waals surface area contributed by atoms with Crippen LogP contribution in [0.15, 0.2) is 64.0 Å². The Morgan fingerprint density at radius 2 is 1.94 bits per heavy atom. The fraction of sp³-hybridized carbons (Fsp3) is 0.190. The number of carbonyl (C=O) groups excluding carboxylic acids is 2. The maximum absolute atomic E-state index is 12.8. The lowest BCUT2D eigenvalue weighted by Gasteiger charge is -2.49. The third-order valence-electron chi connectivity index (χ3n) is 4.79. The number of hydrogen-bond donors (Lipinski definition) is 2. The molecule has 0 aliphatic carbocycles. The highest BCUT2D eigenvalue weighted by Gasteiger charge is 2.54. The molecular formula is C21H16Cl2N2O4S2. The zero-order valence-corrected chi connectivity index (χ0v) is 19.0. The van der Waals surface area contributed by atoms with Crippen molar-refractivity contribution in [1.82, 2.24) is 10.2 Å². The first-order valence-corrected chi connectivity index (χ1v) is 11.8. The number of amides is 2. The highest BCUT2D eigenvalue weighted by Crippen LogP contribution is 2.46. The second kappa shape index (κ2) is 9.16. The van der Waals surface area contributed by atoms with Crippen molar-refractivity contribution in [2.75, 3.05) is 5.75 Å². The van der Waals surface area contributed by atoms with Crippen molar-refractivity contribution in [2.45, 2.75) is 22.7 Å². The number of nitrogens with one attached hydrogen (secondary N) is 1. The number of carbonyl (C=O) groups is 3. The Labute approximate surface area is 197 Å². The van der Waals surface area contributed by atoms with Gasteiger partial charge in [-0.2, -0.15) is 0 Å². The molecule has 2 N–H and O–H groups in total. The van der Waals surface area contributed by atoms with Gasteiger partial charge in [-0.3, -0.25) is 14.5 Å². The summed E-state index contributed by atoms with van der Waals surface area (Å²) in [6.07, 6.45) is 0.151. The summed E-state index contributed by atoms with van der Waals surface area (Å²) in [6, 6.07) is 13.4. The Kier molecular flexibility index (Phi) is 6.52. The zero-order chi connectivity index (χ0) is 22.1. The van der Waals surface area contributed by atoms with Crippen molar-refractivity contribution in [3.63, 3.8) is 0 Å². The van der Waals surface area contributed by atoms with E-state index < -0.39 is 23.3 Å². The number of benzene rings is 2. The molecular weight excluding hydrogens is 479 g/mol. The van der Waals surface area contributed by atoms with Crippen LogP contribution >= 0.6 is 46.7 Å². The van der Waals surface area contributed by atoms with Crippen LogP contribution in [0.5, 0.6) is 0 Å². The minimum Gasteiger partial charge on any atom is -0.477 e. The van der Waals surface area contributed by atoms with Gasteiger partial charge in [-0.1, -0.05) is 65.3 Å². The smallest absolute Gasteiger partial charge is 0.353 e. The maximum atomic E-state index is 12.8. The van der Waals surface area contributed by atoms with Crippen LogP contribution < -0.4 is 5.32 Å². The molecule has 160 valence electrons. The van der Waals surface area contributed by atoms with Gasteiger partial charge in [0.15, 0.2) is 0 Å². The van der Waals surface area contributed by atoms with Gasteiger partial charge in [0.05, 0.1) is 11.4 Å². The number of β-lactam (4-membered cyclic amide) rings is 1. The molecule has 2 atom stereocenters. The van der Waals surface area contributed by atoms with Gasteiger partial charge in [-0.05, 0) is 23.8 Å². The molecule has 2 aliphatic rings. The molecule has 0 radical (unpaired) electrons. The Hall–Kier alpha value is -2.13. The van der Waals surface area contributed by atoms with Gasteiger partial charge < -0.3 is 10.4 Å². The summed E-state index contributed by atoms with van der Waals surface area (Å²) >= 11 is 14.8. The van der Waals surface area contributed by atoms with Crippen molar-refractivity contribution < 1.29 is 19.5 Å². The van der Waals surface area contributed by atoms with E-state index >= 15 is 0 Å². The van der Waals surface area contributed by atoms with E-state index in [0.717, 1.165) is 5.56 Å². The zero-order valence-electron chi connectivity index (χ0n) is 15.9. The molecule has 2 heterocycles. The van der Waals surface area contributed by atoms with Gasteiger partial charge in [0.2, 0.25) is 5.91 Å². The average Bonchev–Trinajstić information content (AvgIpc) is 2.74. The third-order valence-corrected chi connectivity index (χ3v) is 8.07. The molecule has 0 unspecified atom stereocenters. The number of thioether (sulfide) groups is 2. The van der Waals surface area contributed by atoms with Crippen LogP contribution in [-0.2, 0) is 20.8 Å². The number of aliphatic carboxylic acids is 1. The van der Waals surface area contributed by atoms with Crippen molar-refractivity contribution >= 4 is 64.5 Å². The summed E-state index contributed by atoms with van der Waals surface area (Å²) < 4.78 is 0. The monoisotopic (exact) mass is 494 g/mol. The SMILES string of the molecule is O=C(Cc1ccccc1)N[C@@H]1C(=O)N2C(C(=O)O)=C(Sc3cc(Cl)ccc3Cl)CS[C@H]12. The first kappa shape index (κ1) is 22.1. The van der Waals surface area contributed by atoms with Crippen LogP contribution in [0.1, 0.15) is 5.56 Å². The minimum absolute atomic E-state index is 0.0802. The first-order chi connectivity index (χ1) is 14.8. The van der Waals surface area contributed by atoms with E-state index in [4.69, 9.17) is 23.2 Å². The van der Waals surface area contributed by atoms with Crippen LogP contribution in [0, 0.1) is 0 Å². The molecule has 2 aromatic rings. The summed E-state index contributed by atoms with van der Waals surface area (Å²) in [7, 11) is 0. The Balaban J connectivity index is 1.51. The Bertz CT molecular complexity index is 1090. The van der Waals surface area contributed by atoms with E-state index in [1.807, 2.05) is 30.3 Å². The molecule has 0 bridgehead atoms. The molecule has 0 spiro atoms. The van der Waals surface area contributed by atoms with E-state index in [1.165, 1.54) is 28.4 Å². The average molecular weight is 495 g/mol. The summed E-state index contributed by atoms with van der Waals surface area (Å²) in [5.74, 6) is -1.55. The van der Waals surface area contributed by atoms with Crippen LogP contribution in [-0.4, -0.2) is 45.0 Å². The summed E-state index contributed by atoms with van der Waals surface area (Å²) in [5, 5.41) is 13.0. The van der Waals surface area contributed by atoms with Gasteiger partial charge in [0.1, 0.15) is 17.1 Å². The van der Waals surface area contributed by atoms with E-state index in [2.05, 4.69) is 5.32 Å². The summed E-state index contributed by atoms with van der Waals surface area (Å²) in [6.45, 7) is 0. The van der Waals surface area contributed by atoms with Crippen LogP contribution in [0.3, 0.4) is 0 Å². The van der Waals surface area contributed by atoms with E-state index in [0.29, 0.717) is 25.6 Å². The number of carboxylic acid groups (broad SMARTS) is 1. The highest BCUT2D eigenvalue weighted by molar-refractivity contribution is 8.06. The molecule has 1 fully saturated rings. The standard InChI is InChI=1S/C21H16Cl2N2O4S2/c22-12-6-7-13(23)14(9-12)31-15-10-30-20-17(19(27)25(20)18(15)21(28)29)24-16(26)8-11-4-2-1-3-5-11/h1-7,9,17,20H,8,10H2,(H,24,26)(H,28,29)/t17-,20-/m1/s1. The molecule has 2 aromatic carbocycles. The van der Waals surface area contributed by atoms with Crippen molar-refractivity contribution in [3.8, 4) is 0 Å². The molecule has 2 amide bonds. The third kappa shape index (κ3) is 4.57. The molecule has 2 aliphatic heterocycles. The highest BCUT2D eigenvalue weighted by atomic mass is 35.5.